The fraction of sp³-hybridized carbons (Fsp3) is 0.286. The number of phenols is 1. The molecule has 2 rings (SSSR count). The number of rotatable bonds is 5. The molecule has 0 radical (unpaired) electrons. The molecule has 0 aromatic heterocycles. The zero-order valence-corrected chi connectivity index (χ0v) is 16.2. The molecule has 152 valence electrons. The van der Waals surface area contributed by atoms with Crippen LogP contribution in [0.25, 0.3) is 11.1 Å². The van der Waals surface area contributed by atoms with E-state index in [4.69, 9.17) is 9.47 Å². The van der Waals surface area contributed by atoms with Gasteiger partial charge in [0.2, 0.25) is 0 Å². The van der Waals surface area contributed by atoms with Crippen molar-refractivity contribution >= 4 is 11.9 Å². The van der Waals surface area contributed by atoms with Crippen LogP contribution >= 0.6 is 0 Å². The summed E-state index contributed by atoms with van der Waals surface area (Å²) in [5.74, 6) is -4.61. The molecule has 0 fully saturated rings. The molecule has 0 bridgehead atoms. The van der Waals surface area contributed by atoms with E-state index in [1.807, 2.05) is 0 Å². The van der Waals surface area contributed by atoms with Crippen molar-refractivity contribution in [2.24, 2.45) is 0 Å². The fourth-order valence-corrected chi connectivity index (χ4v) is 2.60. The lowest BCUT2D eigenvalue weighted by molar-refractivity contribution is 0.0364. The predicted octanol–water partition coefficient (Wildman–Crippen LogP) is 4.34. The summed E-state index contributed by atoms with van der Waals surface area (Å²) in [6, 6.07) is 5.15. The van der Waals surface area contributed by atoms with Crippen LogP contribution in [-0.4, -0.2) is 29.3 Å². The second-order valence-corrected chi connectivity index (χ2v) is 6.71. The van der Waals surface area contributed by atoms with Gasteiger partial charge in [0.15, 0.2) is 0 Å². The Morgan fingerprint density at radius 1 is 0.966 bits per heavy atom. The number of phenolic OH excluding ortho intramolecular Hbond substituents is 1. The number of aromatic hydroxyl groups is 1. The van der Waals surface area contributed by atoms with E-state index in [1.54, 1.807) is 33.8 Å². The van der Waals surface area contributed by atoms with Crippen molar-refractivity contribution in [3.8, 4) is 22.9 Å². The Hall–Kier alpha value is -3.47. The number of benzene rings is 2. The predicted molar refractivity (Wildman–Crippen MR) is 99.3 cm³/mol. The molecule has 0 aliphatic rings. The Balaban J connectivity index is 2.73. The average molecular weight is 403 g/mol. The van der Waals surface area contributed by atoms with Gasteiger partial charge in [-0.05, 0) is 45.9 Å². The normalized spacial score (nSPS) is 10.7. The van der Waals surface area contributed by atoms with Gasteiger partial charge >= 0.3 is 11.9 Å². The van der Waals surface area contributed by atoms with Crippen LogP contribution < -0.4 is 0 Å². The largest absolute Gasteiger partial charge is 0.507 e. The summed E-state index contributed by atoms with van der Waals surface area (Å²) >= 11 is 0. The first-order valence-corrected chi connectivity index (χ1v) is 8.74. The van der Waals surface area contributed by atoms with Crippen LogP contribution in [0.2, 0.25) is 0 Å². The number of carbonyl (C=O) groups is 2. The zero-order valence-electron chi connectivity index (χ0n) is 16.2. The van der Waals surface area contributed by atoms with Crippen molar-refractivity contribution in [3.05, 3.63) is 52.6 Å². The number of hydrogen-bond acceptors (Lipinski definition) is 6. The first kappa shape index (κ1) is 21.8. The van der Waals surface area contributed by atoms with E-state index in [1.165, 1.54) is 0 Å². The number of carbonyl (C=O) groups excluding carboxylic acids is 2. The van der Waals surface area contributed by atoms with Crippen LogP contribution in [-0.2, 0) is 9.47 Å². The molecule has 0 saturated heterocycles. The minimum absolute atomic E-state index is 0.253. The van der Waals surface area contributed by atoms with Gasteiger partial charge in [-0.1, -0.05) is 0 Å². The third-order valence-corrected chi connectivity index (χ3v) is 3.75. The van der Waals surface area contributed by atoms with E-state index in [-0.39, 0.29) is 5.56 Å². The molecule has 8 heteroatoms. The van der Waals surface area contributed by atoms with Crippen molar-refractivity contribution in [3.63, 3.8) is 0 Å². The topological polar surface area (TPSA) is 96.6 Å². The van der Waals surface area contributed by atoms with E-state index in [0.29, 0.717) is 6.07 Å². The molecule has 0 aliphatic heterocycles. The minimum Gasteiger partial charge on any atom is -0.507 e. The lowest BCUT2D eigenvalue weighted by Gasteiger charge is -2.15. The minimum atomic E-state index is -1.09. The smallest absolute Gasteiger partial charge is 0.342 e. The maximum absolute atomic E-state index is 14.6. The van der Waals surface area contributed by atoms with Crippen molar-refractivity contribution in [1.82, 2.24) is 0 Å². The molecular weight excluding hydrogens is 384 g/mol. The highest BCUT2D eigenvalue weighted by Gasteiger charge is 2.26. The van der Waals surface area contributed by atoms with Gasteiger partial charge in [-0.25, -0.2) is 18.4 Å². The Kier molecular flexibility index (Phi) is 6.54. The SMILES string of the molecule is CC(C)OC(=O)c1cc(-c2c(F)ccc(C(=O)OC(C)C)c2C#N)c(F)cc1O. The first-order chi connectivity index (χ1) is 13.6. The van der Waals surface area contributed by atoms with Gasteiger partial charge in [0, 0.05) is 17.2 Å². The molecule has 2 aromatic carbocycles. The summed E-state index contributed by atoms with van der Waals surface area (Å²) < 4.78 is 39.2. The molecule has 0 atom stereocenters. The van der Waals surface area contributed by atoms with Gasteiger partial charge in [-0.2, -0.15) is 5.26 Å². The quantitative estimate of drug-likeness (QED) is 0.746. The maximum Gasteiger partial charge on any atom is 0.342 e. The van der Waals surface area contributed by atoms with E-state index in [9.17, 15) is 28.7 Å². The second kappa shape index (κ2) is 8.69. The number of halogens is 2. The van der Waals surface area contributed by atoms with Gasteiger partial charge in [0.05, 0.1) is 23.3 Å². The van der Waals surface area contributed by atoms with Crippen LogP contribution in [0.4, 0.5) is 8.78 Å². The molecule has 0 unspecified atom stereocenters. The lowest BCUT2D eigenvalue weighted by atomic mass is 9.93. The molecule has 0 amide bonds. The Morgan fingerprint density at radius 3 is 2.03 bits per heavy atom. The van der Waals surface area contributed by atoms with Crippen molar-refractivity contribution in [2.75, 3.05) is 0 Å². The number of hydrogen-bond donors (Lipinski definition) is 1. The van der Waals surface area contributed by atoms with E-state index >= 15 is 0 Å². The summed E-state index contributed by atoms with van der Waals surface area (Å²) in [5, 5.41) is 19.4. The fourth-order valence-electron chi connectivity index (χ4n) is 2.60. The van der Waals surface area contributed by atoms with Crippen molar-refractivity contribution in [1.29, 1.82) is 5.26 Å². The summed E-state index contributed by atoms with van der Waals surface area (Å²) in [7, 11) is 0. The average Bonchev–Trinajstić information content (AvgIpc) is 2.60. The molecule has 6 nitrogen and oxygen atoms in total. The third kappa shape index (κ3) is 4.69. The monoisotopic (exact) mass is 403 g/mol. The first-order valence-electron chi connectivity index (χ1n) is 8.74. The van der Waals surface area contributed by atoms with Gasteiger partial charge < -0.3 is 14.6 Å². The zero-order chi connectivity index (χ0) is 21.9. The lowest BCUT2D eigenvalue weighted by Crippen LogP contribution is -2.14. The summed E-state index contributed by atoms with van der Waals surface area (Å²) in [6.07, 6.45) is -1.01. The number of ether oxygens (including phenoxy) is 2. The Morgan fingerprint density at radius 2 is 1.52 bits per heavy atom. The van der Waals surface area contributed by atoms with Crippen LogP contribution in [0.15, 0.2) is 24.3 Å². The van der Waals surface area contributed by atoms with Gasteiger partial charge in [-0.15, -0.1) is 0 Å². The highest BCUT2D eigenvalue weighted by atomic mass is 19.1. The van der Waals surface area contributed by atoms with Crippen molar-refractivity contribution in [2.45, 2.75) is 39.9 Å². The molecule has 0 spiro atoms. The molecule has 0 heterocycles. The Labute approximate surface area is 166 Å². The standard InChI is InChI=1S/C21H19F2NO5/c1-10(2)28-20(26)12-5-6-16(22)19(15(12)9-24)13-7-14(18(25)8-17(13)23)21(27)29-11(3)4/h5-8,10-11,25H,1-4H3. The van der Waals surface area contributed by atoms with E-state index in [2.05, 4.69) is 0 Å². The van der Waals surface area contributed by atoms with E-state index in [0.717, 1.165) is 18.2 Å². The third-order valence-electron chi connectivity index (χ3n) is 3.75. The van der Waals surface area contributed by atoms with Gasteiger partial charge in [-0.3, -0.25) is 0 Å². The maximum atomic E-state index is 14.6. The van der Waals surface area contributed by atoms with Crippen LogP contribution in [0.3, 0.4) is 0 Å². The summed E-state index contributed by atoms with van der Waals surface area (Å²) in [6.45, 7) is 6.36. The molecule has 1 N–H and O–H groups in total. The number of esters is 2. The molecular formula is C21H19F2NO5. The summed E-state index contributed by atoms with van der Waals surface area (Å²) in [4.78, 5) is 24.4. The highest BCUT2D eigenvalue weighted by Crippen LogP contribution is 2.35. The van der Waals surface area contributed by atoms with Crippen molar-refractivity contribution < 1.29 is 33.0 Å². The number of nitrogens with zero attached hydrogens (tertiary/aromatic N) is 1. The molecule has 29 heavy (non-hydrogen) atoms. The van der Waals surface area contributed by atoms with Crippen LogP contribution in [0.5, 0.6) is 5.75 Å². The van der Waals surface area contributed by atoms with Gasteiger partial charge in [0.25, 0.3) is 0 Å². The number of nitriles is 1. The van der Waals surface area contributed by atoms with E-state index < -0.39 is 63.8 Å². The molecule has 2 aromatic rings. The molecule has 0 saturated carbocycles. The van der Waals surface area contributed by atoms with Crippen LogP contribution in [0.1, 0.15) is 54.0 Å². The van der Waals surface area contributed by atoms with Gasteiger partial charge in [0.1, 0.15) is 29.0 Å². The molecule has 0 aliphatic carbocycles. The Bertz CT molecular complexity index is 1010. The summed E-state index contributed by atoms with van der Waals surface area (Å²) in [5.41, 5.74) is -2.12. The highest BCUT2D eigenvalue weighted by molar-refractivity contribution is 5.97. The van der Waals surface area contributed by atoms with Crippen LogP contribution in [0, 0.1) is 23.0 Å². The second-order valence-electron chi connectivity index (χ2n) is 6.71.